The van der Waals surface area contributed by atoms with E-state index in [1.165, 1.54) is 32.1 Å². The fraction of sp³-hybridized carbons (Fsp3) is 1.00. The van der Waals surface area contributed by atoms with E-state index in [2.05, 4.69) is 6.92 Å². The van der Waals surface area contributed by atoms with E-state index < -0.39 is 9.84 Å². The van der Waals surface area contributed by atoms with E-state index >= 15 is 0 Å². The van der Waals surface area contributed by atoms with Crippen molar-refractivity contribution < 1.29 is 8.42 Å². The van der Waals surface area contributed by atoms with Crippen LogP contribution < -0.4 is 5.73 Å². The van der Waals surface area contributed by atoms with Gasteiger partial charge < -0.3 is 5.73 Å². The molecular formula is C13H29NO2S. The molecule has 0 amide bonds. The van der Waals surface area contributed by atoms with Gasteiger partial charge >= 0.3 is 0 Å². The zero-order chi connectivity index (χ0) is 13.0. The average Bonchev–Trinajstić information content (AvgIpc) is 2.28. The van der Waals surface area contributed by atoms with Gasteiger partial charge in [-0.15, -0.1) is 0 Å². The Bertz CT molecular complexity index is 250. The van der Waals surface area contributed by atoms with Gasteiger partial charge in [0, 0.05) is 0 Å². The molecule has 0 rings (SSSR count). The van der Waals surface area contributed by atoms with Crippen LogP contribution in [-0.4, -0.2) is 26.5 Å². The number of sulfone groups is 1. The maximum atomic E-state index is 11.6. The second kappa shape index (κ2) is 11.0. The molecule has 0 aromatic rings. The molecule has 3 nitrogen and oxygen atoms in total. The van der Waals surface area contributed by atoms with Gasteiger partial charge in [-0.05, 0) is 25.8 Å². The molecule has 104 valence electrons. The lowest BCUT2D eigenvalue weighted by atomic mass is 10.1. The minimum Gasteiger partial charge on any atom is -0.330 e. The summed E-state index contributed by atoms with van der Waals surface area (Å²) in [4.78, 5) is 0. The summed E-state index contributed by atoms with van der Waals surface area (Å²) in [6, 6.07) is 0. The van der Waals surface area contributed by atoms with E-state index in [0.717, 1.165) is 25.7 Å². The van der Waals surface area contributed by atoms with E-state index in [4.69, 9.17) is 5.73 Å². The van der Waals surface area contributed by atoms with Crippen LogP contribution in [0.25, 0.3) is 0 Å². The Morgan fingerprint density at radius 1 is 0.765 bits per heavy atom. The molecule has 0 aliphatic heterocycles. The van der Waals surface area contributed by atoms with Gasteiger partial charge in [0.05, 0.1) is 11.5 Å². The molecule has 4 heteroatoms. The van der Waals surface area contributed by atoms with Crippen LogP contribution in [0, 0.1) is 0 Å². The summed E-state index contributed by atoms with van der Waals surface area (Å²) in [5, 5.41) is 0. The highest BCUT2D eigenvalue weighted by Crippen LogP contribution is 2.08. The topological polar surface area (TPSA) is 60.2 Å². The van der Waals surface area contributed by atoms with Crippen LogP contribution in [0.5, 0.6) is 0 Å². The van der Waals surface area contributed by atoms with Crippen molar-refractivity contribution in [1.29, 1.82) is 0 Å². The number of hydrogen-bond acceptors (Lipinski definition) is 3. The van der Waals surface area contributed by atoms with Crippen LogP contribution >= 0.6 is 0 Å². The highest BCUT2D eigenvalue weighted by atomic mass is 32.2. The van der Waals surface area contributed by atoms with E-state index in [9.17, 15) is 8.42 Å². The SMILES string of the molecule is CCCCCCCCCS(=O)(=O)CCCCN. The zero-order valence-electron chi connectivity index (χ0n) is 11.3. The van der Waals surface area contributed by atoms with Crippen molar-refractivity contribution in [2.45, 2.75) is 64.7 Å². The standard InChI is InChI=1S/C13H29NO2S/c1-2-3-4-5-6-7-9-12-17(15,16)13-10-8-11-14/h2-14H2,1H3. The summed E-state index contributed by atoms with van der Waals surface area (Å²) >= 11 is 0. The fourth-order valence-corrected chi connectivity index (χ4v) is 3.34. The summed E-state index contributed by atoms with van der Waals surface area (Å²) in [5.74, 6) is 0.686. The van der Waals surface area contributed by atoms with Crippen molar-refractivity contribution in [3.05, 3.63) is 0 Å². The first kappa shape index (κ1) is 16.9. The first-order valence-corrected chi connectivity index (χ1v) is 8.85. The van der Waals surface area contributed by atoms with Gasteiger partial charge in [0.1, 0.15) is 9.84 Å². The predicted molar refractivity (Wildman–Crippen MR) is 74.9 cm³/mol. The van der Waals surface area contributed by atoms with Crippen molar-refractivity contribution in [3.63, 3.8) is 0 Å². The molecule has 0 bridgehead atoms. The Kier molecular flexibility index (Phi) is 11.0. The predicted octanol–water partition coefficient (Wildman–Crippen LogP) is 2.89. The molecule has 0 unspecified atom stereocenters. The second-order valence-corrected chi connectivity index (χ2v) is 7.07. The molecule has 0 heterocycles. The van der Waals surface area contributed by atoms with Gasteiger partial charge in [-0.2, -0.15) is 0 Å². The van der Waals surface area contributed by atoms with Crippen LogP contribution in [0.15, 0.2) is 0 Å². The normalized spacial score (nSPS) is 11.9. The molecular weight excluding hydrogens is 234 g/mol. The summed E-state index contributed by atoms with van der Waals surface area (Å²) in [6.07, 6.45) is 9.70. The number of nitrogens with two attached hydrogens (primary N) is 1. The first-order chi connectivity index (χ1) is 8.12. The van der Waals surface area contributed by atoms with Crippen LogP contribution in [0.1, 0.15) is 64.7 Å². The molecule has 0 aromatic heterocycles. The molecule has 0 atom stereocenters. The molecule has 2 N–H and O–H groups in total. The van der Waals surface area contributed by atoms with Crippen LogP contribution in [0.2, 0.25) is 0 Å². The largest absolute Gasteiger partial charge is 0.330 e. The highest BCUT2D eigenvalue weighted by molar-refractivity contribution is 7.91. The summed E-state index contributed by atoms with van der Waals surface area (Å²) < 4.78 is 23.2. The van der Waals surface area contributed by atoms with Crippen molar-refractivity contribution in [1.82, 2.24) is 0 Å². The maximum Gasteiger partial charge on any atom is 0.150 e. The Balaban J connectivity index is 3.39. The van der Waals surface area contributed by atoms with Gasteiger partial charge in [-0.3, -0.25) is 0 Å². The third-order valence-corrected chi connectivity index (χ3v) is 4.79. The molecule has 0 aromatic carbocycles. The molecule has 0 aliphatic rings. The molecule has 0 spiro atoms. The lowest BCUT2D eigenvalue weighted by Crippen LogP contribution is -2.12. The van der Waals surface area contributed by atoms with Gasteiger partial charge in [0.15, 0.2) is 0 Å². The highest BCUT2D eigenvalue weighted by Gasteiger charge is 2.09. The van der Waals surface area contributed by atoms with Gasteiger partial charge in [-0.1, -0.05) is 45.4 Å². The minimum atomic E-state index is -2.81. The third kappa shape index (κ3) is 12.2. The van der Waals surface area contributed by atoms with Gasteiger partial charge in [0.2, 0.25) is 0 Å². The molecule has 0 aliphatic carbocycles. The monoisotopic (exact) mass is 263 g/mol. The molecule has 0 fully saturated rings. The first-order valence-electron chi connectivity index (χ1n) is 7.03. The smallest absolute Gasteiger partial charge is 0.150 e. The summed E-state index contributed by atoms with van der Waals surface area (Å²) in [5.41, 5.74) is 5.34. The van der Waals surface area contributed by atoms with E-state index in [-0.39, 0.29) is 0 Å². The Hall–Kier alpha value is -0.0900. The summed E-state index contributed by atoms with van der Waals surface area (Å²) in [6.45, 7) is 2.79. The van der Waals surface area contributed by atoms with Crippen molar-refractivity contribution in [2.75, 3.05) is 18.1 Å². The quantitative estimate of drug-likeness (QED) is 0.551. The Labute approximate surface area is 107 Å². The van der Waals surface area contributed by atoms with Crippen LogP contribution in [-0.2, 0) is 9.84 Å². The minimum absolute atomic E-state index is 0.319. The number of hydrogen-bond donors (Lipinski definition) is 1. The van der Waals surface area contributed by atoms with E-state index in [1.807, 2.05) is 0 Å². The molecule has 0 saturated heterocycles. The average molecular weight is 263 g/mol. The van der Waals surface area contributed by atoms with Crippen molar-refractivity contribution >= 4 is 9.84 Å². The molecule has 0 saturated carbocycles. The lowest BCUT2D eigenvalue weighted by molar-refractivity contribution is 0.576. The third-order valence-electron chi connectivity index (χ3n) is 2.97. The van der Waals surface area contributed by atoms with Crippen LogP contribution in [0.4, 0.5) is 0 Å². The fourth-order valence-electron chi connectivity index (χ4n) is 1.85. The number of unbranched alkanes of at least 4 members (excludes halogenated alkanes) is 7. The second-order valence-electron chi connectivity index (χ2n) is 4.77. The Morgan fingerprint density at radius 3 is 1.76 bits per heavy atom. The van der Waals surface area contributed by atoms with Gasteiger partial charge in [-0.25, -0.2) is 8.42 Å². The lowest BCUT2D eigenvalue weighted by Gasteiger charge is -2.04. The summed E-state index contributed by atoms with van der Waals surface area (Å²) in [7, 11) is -2.81. The van der Waals surface area contributed by atoms with E-state index in [0.29, 0.717) is 18.1 Å². The van der Waals surface area contributed by atoms with Crippen LogP contribution in [0.3, 0.4) is 0 Å². The van der Waals surface area contributed by atoms with E-state index in [1.54, 1.807) is 0 Å². The number of rotatable bonds is 12. The maximum absolute atomic E-state index is 11.6. The Morgan fingerprint density at radius 2 is 1.24 bits per heavy atom. The molecule has 17 heavy (non-hydrogen) atoms. The zero-order valence-corrected chi connectivity index (χ0v) is 12.1. The van der Waals surface area contributed by atoms with Crippen molar-refractivity contribution in [2.24, 2.45) is 5.73 Å². The molecule has 0 radical (unpaired) electrons. The van der Waals surface area contributed by atoms with Gasteiger partial charge in [0.25, 0.3) is 0 Å². The van der Waals surface area contributed by atoms with Crippen molar-refractivity contribution in [3.8, 4) is 0 Å².